The summed E-state index contributed by atoms with van der Waals surface area (Å²) in [5.74, 6) is 0.394. The molecule has 22 heavy (non-hydrogen) atoms. The smallest absolute Gasteiger partial charge is 0.228 e. The standard InChI is InChI=1S/C16H31NO3SSi/c1-9-21-15(19)10(2)13-12(14(18)17-13)11(3)20-22(7,8)16(4,5)6/h10-13H,9H2,1-8H3,(H,17,18)/t10-,11-,12-,13-/m1/s1. The fourth-order valence-corrected chi connectivity index (χ4v) is 4.62. The van der Waals surface area contributed by atoms with E-state index in [2.05, 4.69) is 39.2 Å². The van der Waals surface area contributed by atoms with E-state index < -0.39 is 8.32 Å². The SMILES string of the molecule is CCSC(=O)[C@H](C)[C@H]1NC(=O)[C@@H]1[C@@H](C)O[Si](C)(C)C(C)(C)C. The molecule has 1 rings (SSSR count). The predicted molar refractivity (Wildman–Crippen MR) is 95.5 cm³/mol. The first kappa shape index (κ1) is 19.7. The van der Waals surface area contributed by atoms with E-state index in [1.807, 2.05) is 20.8 Å². The zero-order valence-electron chi connectivity index (χ0n) is 15.1. The molecule has 6 heteroatoms. The van der Waals surface area contributed by atoms with Crippen LogP contribution in [0.25, 0.3) is 0 Å². The third kappa shape index (κ3) is 4.14. The van der Waals surface area contributed by atoms with Gasteiger partial charge in [0.05, 0.1) is 18.1 Å². The second kappa shape index (κ2) is 7.05. The monoisotopic (exact) mass is 345 g/mol. The number of nitrogens with one attached hydrogen (secondary N) is 1. The van der Waals surface area contributed by atoms with Gasteiger partial charge >= 0.3 is 0 Å². The van der Waals surface area contributed by atoms with Crippen molar-refractivity contribution in [1.29, 1.82) is 0 Å². The third-order valence-electron chi connectivity index (χ3n) is 4.99. The molecule has 1 aliphatic heterocycles. The van der Waals surface area contributed by atoms with E-state index in [-0.39, 0.29) is 40.0 Å². The molecule has 4 nitrogen and oxygen atoms in total. The van der Waals surface area contributed by atoms with Crippen molar-refractivity contribution in [2.45, 2.75) is 71.8 Å². The molecule has 0 aromatic carbocycles. The lowest BCUT2D eigenvalue weighted by atomic mass is 9.79. The van der Waals surface area contributed by atoms with Gasteiger partial charge in [0.15, 0.2) is 13.4 Å². The molecule has 1 fully saturated rings. The van der Waals surface area contributed by atoms with E-state index in [9.17, 15) is 9.59 Å². The van der Waals surface area contributed by atoms with Crippen LogP contribution in [0.4, 0.5) is 0 Å². The van der Waals surface area contributed by atoms with Crippen LogP contribution in [-0.4, -0.2) is 37.2 Å². The van der Waals surface area contributed by atoms with E-state index in [1.165, 1.54) is 11.8 Å². The maximum absolute atomic E-state index is 12.1. The largest absolute Gasteiger partial charge is 0.413 e. The summed E-state index contributed by atoms with van der Waals surface area (Å²) in [7, 11) is -1.92. The zero-order chi connectivity index (χ0) is 17.3. The van der Waals surface area contributed by atoms with Gasteiger partial charge in [-0.3, -0.25) is 9.59 Å². The van der Waals surface area contributed by atoms with Gasteiger partial charge in [-0.25, -0.2) is 0 Å². The Morgan fingerprint density at radius 1 is 1.36 bits per heavy atom. The maximum Gasteiger partial charge on any atom is 0.228 e. The predicted octanol–water partition coefficient (Wildman–Crippen LogP) is 3.43. The lowest BCUT2D eigenvalue weighted by molar-refractivity contribution is -0.143. The summed E-state index contributed by atoms with van der Waals surface area (Å²) >= 11 is 1.33. The lowest BCUT2D eigenvalue weighted by Gasteiger charge is -2.46. The van der Waals surface area contributed by atoms with E-state index in [0.29, 0.717) is 0 Å². The van der Waals surface area contributed by atoms with Crippen LogP contribution in [0.2, 0.25) is 18.1 Å². The minimum absolute atomic E-state index is 0.0114. The maximum atomic E-state index is 12.1. The van der Waals surface area contributed by atoms with Crippen molar-refractivity contribution in [2.24, 2.45) is 11.8 Å². The van der Waals surface area contributed by atoms with Gasteiger partial charge in [0.25, 0.3) is 0 Å². The Labute approximate surface area is 140 Å². The highest BCUT2D eigenvalue weighted by Crippen LogP contribution is 2.39. The van der Waals surface area contributed by atoms with Crippen molar-refractivity contribution < 1.29 is 14.0 Å². The summed E-state index contributed by atoms with van der Waals surface area (Å²) in [4.78, 5) is 24.1. The second-order valence-electron chi connectivity index (χ2n) is 7.68. The van der Waals surface area contributed by atoms with Crippen LogP contribution in [0.1, 0.15) is 41.5 Å². The van der Waals surface area contributed by atoms with Gasteiger partial charge in [-0.1, -0.05) is 46.4 Å². The van der Waals surface area contributed by atoms with Crippen LogP contribution in [0.5, 0.6) is 0 Å². The summed E-state index contributed by atoms with van der Waals surface area (Å²) in [6, 6.07) is -0.0983. The van der Waals surface area contributed by atoms with Gasteiger partial charge in [0.1, 0.15) is 0 Å². The van der Waals surface area contributed by atoms with E-state index in [0.717, 1.165) is 5.75 Å². The molecule has 0 saturated carbocycles. The van der Waals surface area contributed by atoms with Gasteiger partial charge in [-0.15, -0.1) is 0 Å². The van der Waals surface area contributed by atoms with E-state index in [4.69, 9.17) is 4.43 Å². The minimum atomic E-state index is -1.92. The zero-order valence-corrected chi connectivity index (χ0v) is 17.0. The summed E-state index contributed by atoms with van der Waals surface area (Å²) in [5, 5.41) is 3.16. The number of hydrogen-bond donors (Lipinski definition) is 1. The fraction of sp³-hybridized carbons (Fsp3) is 0.875. The molecule has 0 aromatic rings. The Bertz CT molecular complexity index is 434. The number of carbonyl (C=O) groups excluding carboxylic acids is 2. The molecule has 0 bridgehead atoms. The highest BCUT2D eigenvalue weighted by atomic mass is 32.2. The normalized spacial score (nSPS) is 25.2. The molecule has 0 aromatic heterocycles. The first-order valence-electron chi connectivity index (χ1n) is 8.07. The molecule has 0 radical (unpaired) electrons. The Balaban J connectivity index is 2.77. The van der Waals surface area contributed by atoms with Gasteiger partial charge in [0, 0.05) is 5.92 Å². The Morgan fingerprint density at radius 3 is 2.32 bits per heavy atom. The molecule has 1 heterocycles. The molecule has 0 spiro atoms. The van der Waals surface area contributed by atoms with Gasteiger partial charge in [0.2, 0.25) is 5.91 Å². The molecule has 4 atom stereocenters. The van der Waals surface area contributed by atoms with Gasteiger partial charge < -0.3 is 9.74 Å². The summed E-state index contributed by atoms with van der Waals surface area (Å²) < 4.78 is 6.36. The van der Waals surface area contributed by atoms with Crippen molar-refractivity contribution in [2.75, 3.05) is 5.75 Å². The van der Waals surface area contributed by atoms with Crippen LogP contribution in [0, 0.1) is 11.8 Å². The van der Waals surface area contributed by atoms with Gasteiger partial charge in [-0.05, 0) is 30.8 Å². The first-order valence-corrected chi connectivity index (χ1v) is 12.0. The Morgan fingerprint density at radius 2 is 1.91 bits per heavy atom. The number of β-lactam (4-membered cyclic amide) rings is 1. The molecule has 128 valence electrons. The van der Waals surface area contributed by atoms with Crippen molar-refractivity contribution in [3.05, 3.63) is 0 Å². The third-order valence-corrected chi connectivity index (χ3v) is 10.5. The van der Waals surface area contributed by atoms with Crippen molar-refractivity contribution in [1.82, 2.24) is 5.32 Å². The number of amides is 1. The van der Waals surface area contributed by atoms with Crippen molar-refractivity contribution in [3.63, 3.8) is 0 Å². The Hall–Kier alpha value is -0.333. The van der Waals surface area contributed by atoms with E-state index in [1.54, 1.807) is 0 Å². The van der Waals surface area contributed by atoms with Crippen LogP contribution in [0.15, 0.2) is 0 Å². The number of thioether (sulfide) groups is 1. The minimum Gasteiger partial charge on any atom is -0.413 e. The Kier molecular flexibility index (Phi) is 6.32. The van der Waals surface area contributed by atoms with Crippen LogP contribution >= 0.6 is 11.8 Å². The molecule has 1 aliphatic rings. The average Bonchev–Trinajstić information content (AvgIpc) is 2.32. The molecule has 1 N–H and O–H groups in total. The number of carbonyl (C=O) groups is 2. The quantitative estimate of drug-likeness (QED) is 0.592. The molecular weight excluding hydrogens is 314 g/mol. The molecule has 1 amide bonds. The topological polar surface area (TPSA) is 55.4 Å². The van der Waals surface area contributed by atoms with Crippen LogP contribution < -0.4 is 5.32 Å². The molecule has 0 unspecified atom stereocenters. The summed E-state index contributed by atoms with van der Waals surface area (Å²) in [6.45, 7) is 16.8. The number of rotatable bonds is 6. The molecule has 0 aliphatic carbocycles. The van der Waals surface area contributed by atoms with E-state index >= 15 is 0 Å². The molecular formula is C16H31NO3SSi. The van der Waals surface area contributed by atoms with Crippen LogP contribution in [-0.2, 0) is 14.0 Å². The highest BCUT2D eigenvalue weighted by Gasteiger charge is 2.50. The second-order valence-corrected chi connectivity index (χ2v) is 13.7. The van der Waals surface area contributed by atoms with Crippen molar-refractivity contribution >= 4 is 31.1 Å². The summed E-state index contributed by atoms with van der Waals surface area (Å²) in [5.41, 5.74) is 0. The first-order chi connectivity index (χ1) is 9.92. The number of hydrogen-bond acceptors (Lipinski definition) is 4. The summed E-state index contributed by atoms with van der Waals surface area (Å²) in [6.07, 6.45) is -0.151. The fourth-order valence-electron chi connectivity index (χ4n) is 2.49. The molecule has 1 saturated heterocycles. The average molecular weight is 346 g/mol. The van der Waals surface area contributed by atoms with Crippen LogP contribution in [0.3, 0.4) is 0 Å². The lowest BCUT2D eigenvalue weighted by Crippen LogP contribution is -2.66. The highest BCUT2D eigenvalue weighted by molar-refractivity contribution is 8.13. The van der Waals surface area contributed by atoms with Gasteiger partial charge in [-0.2, -0.15) is 0 Å². The van der Waals surface area contributed by atoms with Crippen molar-refractivity contribution in [3.8, 4) is 0 Å².